The fourth-order valence-electron chi connectivity index (χ4n) is 7.65. The minimum atomic E-state index is -0.751. The molecule has 0 aromatic heterocycles. The second kappa shape index (κ2) is 4.63. The van der Waals surface area contributed by atoms with E-state index in [1.165, 1.54) is 0 Å². The molecule has 0 aromatic carbocycles. The van der Waals surface area contributed by atoms with Gasteiger partial charge in [0.05, 0.1) is 11.5 Å². The van der Waals surface area contributed by atoms with Crippen molar-refractivity contribution in [1.29, 1.82) is 0 Å². The smallest absolute Gasteiger partial charge is 0.309 e. The molecule has 4 heteroatoms. The highest BCUT2D eigenvalue weighted by molar-refractivity contribution is 5.88. The summed E-state index contributed by atoms with van der Waals surface area (Å²) in [6.45, 7) is 6.22. The number of hydrogen-bond donors (Lipinski definition) is 2. The molecular weight excluding hydrogens is 304 g/mol. The van der Waals surface area contributed by atoms with Gasteiger partial charge in [-0.05, 0) is 62.7 Å². The number of aliphatic hydroxyl groups excluding tert-OH is 1. The Morgan fingerprint density at radius 1 is 1.12 bits per heavy atom. The lowest BCUT2D eigenvalue weighted by Crippen LogP contribution is -2.63. The summed E-state index contributed by atoms with van der Waals surface area (Å²) < 4.78 is 0. The zero-order valence-electron chi connectivity index (χ0n) is 15.1. The highest BCUT2D eigenvalue weighted by atomic mass is 16.4. The maximum atomic E-state index is 12.7. The van der Waals surface area contributed by atoms with Crippen LogP contribution in [0.4, 0.5) is 0 Å². The lowest BCUT2D eigenvalue weighted by atomic mass is 9.39. The van der Waals surface area contributed by atoms with Crippen molar-refractivity contribution in [3.63, 3.8) is 0 Å². The van der Waals surface area contributed by atoms with E-state index >= 15 is 0 Å². The van der Waals surface area contributed by atoms with Crippen LogP contribution in [0.5, 0.6) is 0 Å². The summed E-state index contributed by atoms with van der Waals surface area (Å²) in [6.07, 6.45) is 5.83. The Hall–Kier alpha value is -0.900. The zero-order chi connectivity index (χ0) is 17.5. The van der Waals surface area contributed by atoms with E-state index in [2.05, 4.69) is 13.8 Å². The molecule has 4 nitrogen and oxygen atoms in total. The highest BCUT2D eigenvalue weighted by Crippen LogP contribution is 2.72. The summed E-state index contributed by atoms with van der Waals surface area (Å²) in [5.41, 5.74) is -1.38. The number of aliphatic hydroxyl groups is 1. The van der Waals surface area contributed by atoms with Crippen molar-refractivity contribution in [2.45, 2.75) is 78.2 Å². The van der Waals surface area contributed by atoms with Crippen LogP contribution in [0, 0.1) is 33.5 Å². The van der Waals surface area contributed by atoms with Gasteiger partial charge in [-0.3, -0.25) is 9.59 Å². The van der Waals surface area contributed by atoms with Crippen LogP contribution in [0.3, 0.4) is 0 Å². The van der Waals surface area contributed by atoms with Crippen molar-refractivity contribution in [3.05, 3.63) is 0 Å². The molecular formula is C20H30O4. The predicted octanol–water partition coefficient (Wildman–Crippen LogP) is 3.41. The summed E-state index contributed by atoms with van der Waals surface area (Å²) in [6, 6.07) is 0. The van der Waals surface area contributed by atoms with Crippen LogP contribution in [0.2, 0.25) is 0 Å². The molecule has 1 spiro atoms. The van der Waals surface area contributed by atoms with Gasteiger partial charge in [0.2, 0.25) is 0 Å². The lowest BCUT2D eigenvalue weighted by Gasteiger charge is -2.65. The maximum absolute atomic E-state index is 12.7. The van der Waals surface area contributed by atoms with E-state index in [0.29, 0.717) is 25.0 Å². The molecule has 7 atom stereocenters. The topological polar surface area (TPSA) is 74.6 Å². The molecule has 0 aliphatic heterocycles. The van der Waals surface area contributed by atoms with Gasteiger partial charge in [0.25, 0.3) is 0 Å². The van der Waals surface area contributed by atoms with Crippen molar-refractivity contribution in [2.75, 3.05) is 0 Å². The minimum Gasteiger partial charge on any atom is -0.481 e. The van der Waals surface area contributed by atoms with Gasteiger partial charge in [-0.25, -0.2) is 0 Å². The quantitative estimate of drug-likeness (QED) is 0.770. The van der Waals surface area contributed by atoms with Gasteiger partial charge in [0, 0.05) is 17.3 Å². The van der Waals surface area contributed by atoms with E-state index in [0.717, 1.165) is 32.1 Å². The van der Waals surface area contributed by atoms with Crippen molar-refractivity contribution >= 4 is 11.8 Å². The number of aliphatic carboxylic acids is 1. The Labute approximate surface area is 144 Å². The second-order valence-corrected chi connectivity index (χ2v) is 10.0. The van der Waals surface area contributed by atoms with E-state index in [1.807, 2.05) is 6.92 Å². The van der Waals surface area contributed by atoms with E-state index in [1.54, 1.807) is 0 Å². The number of carbonyl (C=O) groups excluding carboxylic acids is 1. The lowest BCUT2D eigenvalue weighted by molar-refractivity contribution is -0.211. The Morgan fingerprint density at radius 2 is 1.83 bits per heavy atom. The third kappa shape index (κ3) is 1.73. The average Bonchev–Trinajstić information content (AvgIpc) is 2.68. The van der Waals surface area contributed by atoms with E-state index in [-0.39, 0.29) is 28.1 Å². The molecule has 0 heterocycles. The molecule has 0 unspecified atom stereocenters. The Morgan fingerprint density at radius 3 is 2.50 bits per heavy atom. The molecule has 0 amide bonds. The third-order valence-corrected chi connectivity index (χ3v) is 8.94. The molecule has 4 aliphatic rings. The summed E-state index contributed by atoms with van der Waals surface area (Å²) in [7, 11) is 0. The highest BCUT2D eigenvalue weighted by Gasteiger charge is 2.70. The second-order valence-electron chi connectivity index (χ2n) is 10.0. The summed E-state index contributed by atoms with van der Waals surface area (Å²) in [4.78, 5) is 24.7. The van der Waals surface area contributed by atoms with Crippen molar-refractivity contribution < 1.29 is 19.8 Å². The van der Waals surface area contributed by atoms with Crippen LogP contribution < -0.4 is 0 Å². The monoisotopic (exact) mass is 334 g/mol. The first kappa shape index (κ1) is 16.6. The van der Waals surface area contributed by atoms with Crippen LogP contribution in [0.25, 0.3) is 0 Å². The largest absolute Gasteiger partial charge is 0.481 e. The van der Waals surface area contributed by atoms with Gasteiger partial charge in [-0.2, -0.15) is 0 Å². The molecule has 4 saturated carbocycles. The molecule has 4 aliphatic carbocycles. The van der Waals surface area contributed by atoms with E-state index in [9.17, 15) is 19.8 Å². The van der Waals surface area contributed by atoms with Gasteiger partial charge in [-0.15, -0.1) is 0 Å². The Kier molecular flexibility index (Phi) is 3.19. The van der Waals surface area contributed by atoms with Gasteiger partial charge in [0.15, 0.2) is 0 Å². The molecule has 0 aromatic rings. The number of carbonyl (C=O) groups is 2. The molecule has 0 radical (unpaired) electrons. The maximum Gasteiger partial charge on any atom is 0.309 e. The molecule has 134 valence electrons. The number of ketones is 1. The number of Topliss-reactive ketones (excluding diaryl/α,β-unsaturated/α-hetero) is 1. The van der Waals surface area contributed by atoms with Crippen LogP contribution >= 0.6 is 0 Å². The fourth-order valence-corrected chi connectivity index (χ4v) is 7.65. The summed E-state index contributed by atoms with van der Waals surface area (Å²) in [5.74, 6) is -0.119. The predicted molar refractivity (Wildman–Crippen MR) is 89.3 cm³/mol. The minimum absolute atomic E-state index is 0.00179. The van der Waals surface area contributed by atoms with Crippen LogP contribution in [-0.4, -0.2) is 28.1 Å². The van der Waals surface area contributed by atoms with Gasteiger partial charge in [-0.1, -0.05) is 20.3 Å². The number of carboxylic acids is 1. The van der Waals surface area contributed by atoms with Crippen molar-refractivity contribution in [1.82, 2.24) is 0 Å². The fraction of sp³-hybridized carbons (Fsp3) is 0.900. The SMILES string of the molecule is C[C@]12CC[C@@H]3[C@@]4(C)CCC[C@@](C)(C(=O)O)[C@@H]4C[C@@H](O)[C@@]3(CC1=O)C2. The molecule has 0 saturated heterocycles. The normalized spacial score (nSPS) is 56.5. The number of carboxylic acid groups (broad SMARTS) is 1. The molecule has 4 rings (SSSR count). The first-order valence-corrected chi connectivity index (χ1v) is 9.53. The van der Waals surface area contributed by atoms with Crippen LogP contribution in [0.1, 0.15) is 72.1 Å². The molecule has 24 heavy (non-hydrogen) atoms. The summed E-state index contributed by atoms with van der Waals surface area (Å²) >= 11 is 0. The first-order valence-electron chi connectivity index (χ1n) is 9.53. The third-order valence-electron chi connectivity index (χ3n) is 8.94. The Bertz CT molecular complexity index is 615. The molecule has 2 bridgehead atoms. The van der Waals surface area contributed by atoms with E-state index in [4.69, 9.17) is 0 Å². The first-order chi connectivity index (χ1) is 11.1. The number of fused-ring (bicyclic) bond motifs is 3. The van der Waals surface area contributed by atoms with Gasteiger partial charge >= 0.3 is 5.97 Å². The van der Waals surface area contributed by atoms with Gasteiger partial charge < -0.3 is 10.2 Å². The average molecular weight is 334 g/mol. The van der Waals surface area contributed by atoms with Gasteiger partial charge in [0.1, 0.15) is 5.78 Å². The zero-order valence-corrected chi connectivity index (χ0v) is 15.1. The standard InChI is InChI=1S/C20H30O4/c1-17-8-5-12-18(2)6-4-7-19(3,16(23)24)13(18)9-14(21)20(12,11-17)10-15(17)22/h12-14,21H,4-11H2,1-3H3,(H,23,24)/t12-,13-,14-,17-,18-,19-,20+/m1/s1. The summed E-state index contributed by atoms with van der Waals surface area (Å²) in [5, 5.41) is 21.0. The number of hydrogen-bond acceptors (Lipinski definition) is 3. The van der Waals surface area contributed by atoms with E-state index < -0.39 is 17.5 Å². The van der Waals surface area contributed by atoms with Crippen molar-refractivity contribution in [2.24, 2.45) is 33.5 Å². The van der Waals surface area contributed by atoms with Crippen molar-refractivity contribution in [3.8, 4) is 0 Å². The van der Waals surface area contributed by atoms with Crippen LogP contribution in [-0.2, 0) is 9.59 Å². The molecule has 4 fully saturated rings. The Balaban J connectivity index is 1.81. The molecule has 2 N–H and O–H groups in total. The van der Waals surface area contributed by atoms with Crippen LogP contribution in [0.15, 0.2) is 0 Å². The number of rotatable bonds is 1.